The second-order valence-electron chi connectivity index (χ2n) is 2.72. The monoisotopic (exact) mass is 225 g/mol. The van der Waals surface area contributed by atoms with Crippen LogP contribution in [0.25, 0.3) is 0 Å². The molecule has 0 aromatic heterocycles. The van der Waals surface area contributed by atoms with Crippen LogP contribution in [0.1, 0.15) is 6.42 Å². The van der Waals surface area contributed by atoms with Gasteiger partial charge in [-0.1, -0.05) is 0 Å². The Bertz CT molecular complexity index is 287. The van der Waals surface area contributed by atoms with Gasteiger partial charge in [-0.3, -0.25) is 4.18 Å². The average molecular weight is 225 g/mol. The van der Waals surface area contributed by atoms with Gasteiger partial charge in [0.05, 0.1) is 19.4 Å². The Kier molecular flexibility index (Phi) is 3.46. The molecule has 0 radical (unpaired) electrons. The molecule has 1 aliphatic heterocycles. The molecule has 0 amide bonds. The van der Waals surface area contributed by atoms with E-state index in [0.29, 0.717) is 18.1 Å². The predicted octanol–water partition coefficient (Wildman–Crippen LogP) is -0.374. The Hall–Kier alpha value is -0.400. The van der Waals surface area contributed by atoms with Crippen molar-refractivity contribution in [3.63, 3.8) is 0 Å². The van der Waals surface area contributed by atoms with E-state index < -0.39 is 10.1 Å². The highest BCUT2D eigenvalue weighted by Crippen LogP contribution is 2.05. The van der Waals surface area contributed by atoms with Gasteiger partial charge in [-0.2, -0.15) is 8.42 Å². The minimum atomic E-state index is -3.34. The number of thiocarbonyl (C=S) groups is 1. The first-order chi connectivity index (χ1) is 5.97. The Balaban J connectivity index is 2.17. The molecule has 1 rings (SSSR count). The van der Waals surface area contributed by atoms with Gasteiger partial charge in [0.25, 0.3) is 15.3 Å². The van der Waals surface area contributed by atoms with Crippen molar-refractivity contribution >= 4 is 27.5 Å². The van der Waals surface area contributed by atoms with Gasteiger partial charge in [-0.15, -0.1) is 0 Å². The number of hydrogen-bond donors (Lipinski definition) is 1. The molecule has 0 unspecified atom stereocenters. The number of ether oxygens (including phenoxy) is 1. The zero-order valence-corrected chi connectivity index (χ0v) is 8.78. The fourth-order valence-electron chi connectivity index (χ4n) is 0.924. The molecule has 1 fully saturated rings. The lowest BCUT2D eigenvalue weighted by Gasteiger charge is -2.06. The molecule has 0 saturated carbocycles. The number of nitrogens with one attached hydrogen (secondary N) is 1. The van der Waals surface area contributed by atoms with Gasteiger partial charge in [-0.05, 0) is 12.2 Å². The summed E-state index contributed by atoms with van der Waals surface area (Å²) in [6.45, 7) is 0.750. The standard InChI is InChI=1S/C6H11NO4S2/c1-13(8,9)10-3-2-5-4-7-6(12)11-5/h5H,2-4H2,1H3,(H,7,12)/t5-/m1/s1. The van der Waals surface area contributed by atoms with Crippen molar-refractivity contribution in [2.75, 3.05) is 19.4 Å². The molecule has 13 heavy (non-hydrogen) atoms. The van der Waals surface area contributed by atoms with E-state index in [4.69, 9.17) is 17.0 Å². The van der Waals surface area contributed by atoms with Crippen LogP contribution in [0, 0.1) is 0 Å². The van der Waals surface area contributed by atoms with Crippen molar-refractivity contribution in [2.24, 2.45) is 0 Å². The molecule has 76 valence electrons. The lowest BCUT2D eigenvalue weighted by Crippen LogP contribution is -2.17. The van der Waals surface area contributed by atoms with Crippen molar-refractivity contribution in [3.05, 3.63) is 0 Å². The zero-order valence-electron chi connectivity index (χ0n) is 7.15. The first-order valence-corrected chi connectivity index (χ1v) is 5.99. The maximum Gasteiger partial charge on any atom is 0.264 e. The molecule has 0 bridgehead atoms. The smallest absolute Gasteiger partial charge is 0.264 e. The fraction of sp³-hybridized carbons (Fsp3) is 0.833. The van der Waals surface area contributed by atoms with Crippen LogP contribution in [-0.2, 0) is 19.0 Å². The van der Waals surface area contributed by atoms with Crippen LogP contribution in [0.5, 0.6) is 0 Å². The van der Waals surface area contributed by atoms with Crippen LogP contribution in [-0.4, -0.2) is 39.1 Å². The van der Waals surface area contributed by atoms with Gasteiger partial charge in [0.15, 0.2) is 0 Å². The van der Waals surface area contributed by atoms with Gasteiger partial charge in [0.1, 0.15) is 6.10 Å². The normalized spacial score (nSPS) is 22.5. The summed E-state index contributed by atoms with van der Waals surface area (Å²) in [5.41, 5.74) is 0. The second kappa shape index (κ2) is 4.21. The molecule has 0 aromatic carbocycles. The molecule has 1 aliphatic rings. The Morgan fingerprint density at radius 2 is 2.46 bits per heavy atom. The molecule has 1 atom stereocenters. The first kappa shape index (κ1) is 10.7. The summed E-state index contributed by atoms with van der Waals surface area (Å²) in [7, 11) is -3.34. The van der Waals surface area contributed by atoms with Crippen molar-refractivity contribution in [3.8, 4) is 0 Å². The number of hydrogen-bond acceptors (Lipinski definition) is 5. The van der Waals surface area contributed by atoms with Crippen LogP contribution >= 0.6 is 12.2 Å². The van der Waals surface area contributed by atoms with E-state index in [1.165, 1.54) is 0 Å². The van der Waals surface area contributed by atoms with Gasteiger partial charge < -0.3 is 10.1 Å². The van der Waals surface area contributed by atoms with Gasteiger partial charge in [-0.25, -0.2) is 0 Å². The summed E-state index contributed by atoms with van der Waals surface area (Å²) in [5.74, 6) is 0. The third kappa shape index (κ3) is 4.39. The molecule has 5 nitrogen and oxygen atoms in total. The van der Waals surface area contributed by atoms with E-state index >= 15 is 0 Å². The molecule has 1 saturated heterocycles. The molecule has 1 heterocycles. The summed E-state index contributed by atoms with van der Waals surface area (Å²) in [6, 6.07) is 0. The van der Waals surface area contributed by atoms with E-state index in [-0.39, 0.29) is 12.7 Å². The molecule has 0 aromatic rings. The molecule has 0 aliphatic carbocycles. The highest BCUT2D eigenvalue weighted by molar-refractivity contribution is 7.86. The van der Waals surface area contributed by atoms with Crippen LogP contribution in [0.2, 0.25) is 0 Å². The van der Waals surface area contributed by atoms with Crippen LogP contribution in [0.15, 0.2) is 0 Å². The quantitative estimate of drug-likeness (QED) is 0.520. The van der Waals surface area contributed by atoms with E-state index in [2.05, 4.69) is 9.50 Å². The lowest BCUT2D eigenvalue weighted by molar-refractivity contribution is 0.188. The Morgan fingerprint density at radius 1 is 1.77 bits per heavy atom. The van der Waals surface area contributed by atoms with Crippen molar-refractivity contribution in [1.29, 1.82) is 0 Å². The molecule has 0 spiro atoms. The van der Waals surface area contributed by atoms with Crippen molar-refractivity contribution in [1.82, 2.24) is 5.32 Å². The lowest BCUT2D eigenvalue weighted by atomic mass is 10.3. The molecular formula is C6H11NO4S2. The molecule has 7 heteroatoms. The number of rotatable bonds is 4. The highest BCUT2D eigenvalue weighted by Gasteiger charge is 2.19. The Labute approximate surface area is 82.5 Å². The van der Waals surface area contributed by atoms with E-state index in [1.807, 2.05) is 0 Å². The van der Waals surface area contributed by atoms with Crippen LogP contribution in [0.3, 0.4) is 0 Å². The third-order valence-corrected chi connectivity index (χ3v) is 2.32. The first-order valence-electron chi connectivity index (χ1n) is 3.76. The molecule has 1 N–H and O–H groups in total. The third-order valence-electron chi connectivity index (χ3n) is 1.49. The van der Waals surface area contributed by atoms with E-state index in [9.17, 15) is 8.42 Å². The summed E-state index contributed by atoms with van der Waals surface area (Å²) in [6.07, 6.45) is 1.46. The largest absolute Gasteiger partial charge is 0.466 e. The van der Waals surface area contributed by atoms with Crippen LogP contribution in [0.4, 0.5) is 0 Å². The molecular weight excluding hydrogens is 214 g/mol. The second-order valence-corrected chi connectivity index (χ2v) is 4.74. The SMILES string of the molecule is CS(=O)(=O)OCC[C@@H]1CNC(=S)O1. The highest BCUT2D eigenvalue weighted by atomic mass is 32.2. The van der Waals surface area contributed by atoms with Gasteiger partial charge in [0.2, 0.25) is 0 Å². The van der Waals surface area contributed by atoms with E-state index in [1.54, 1.807) is 0 Å². The maximum absolute atomic E-state index is 10.6. The minimum absolute atomic E-state index is 0.0748. The maximum atomic E-state index is 10.6. The summed E-state index contributed by atoms with van der Waals surface area (Å²) < 4.78 is 30.8. The van der Waals surface area contributed by atoms with Gasteiger partial charge >= 0.3 is 0 Å². The van der Waals surface area contributed by atoms with Crippen LogP contribution < -0.4 is 5.32 Å². The fourth-order valence-corrected chi connectivity index (χ4v) is 1.54. The van der Waals surface area contributed by atoms with Crippen molar-refractivity contribution in [2.45, 2.75) is 12.5 Å². The van der Waals surface area contributed by atoms with Crippen molar-refractivity contribution < 1.29 is 17.3 Å². The predicted molar refractivity (Wildman–Crippen MR) is 50.9 cm³/mol. The summed E-state index contributed by atoms with van der Waals surface area (Å²) in [5, 5.41) is 3.19. The van der Waals surface area contributed by atoms with E-state index in [0.717, 1.165) is 6.26 Å². The van der Waals surface area contributed by atoms with Gasteiger partial charge in [0, 0.05) is 6.42 Å². The topological polar surface area (TPSA) is 64.6 Å². The minimum Gasteiger partial charge on any atom is -0.466 e. The average Bonchev–Trinajstić information content (AvgIpc) is 2.33. The Morgan fingerprint density at radius 3 is 2.92 bits per heavy atom. The summed E-state index contributed by atoms with van der Waals surface area (Å²) in [4.78, 5) is 0. The summed E-state index contributed by atoms with van der Waals surface area (Å²) >= 11 is 4.73. The zero-order chi connectivity index (χ0) is 9.90.